The first kappa shape index (κ1) is 13.7. The lowest BCUT2D eigenvalue weighted by atomic mass is 10.1. The molecule has 2 rings (SSSR count). The largest absolute Gasteiger partial charge is 0.465 e. The van der Waals surface area contributed by atoms with Crippen LogP contribution in [0.2, 0.25) is 0 Å². The van der Waals surface area contributed by atoms with Crippen LogP contribution >= 0.6 is 0 Å². The molecule has 0 bridgehead atoms. The van der Waals surface area contributed by atoms with E-state index in [-0.39, 0.29) is 11.7 Å². The third kappa shape index (κ3) is 2.81. The second-order valence-corrected chi connectivity index (χ2v) is 4.20. The van der Waals surface area contributed by atoms with Gasteiger partial charge in [-0.05, 0) is 36.8 Å². The number of ether oxygens (including phenoxy) is 1. The van der Waals surface area contributed by atoms with E-state index in [0.717, 1.165) is 11.3 Å². The summed E-state index contributed by atoms with van der Waals surface area (Å²) in [6.45, 7) is 2.28. The van der Waals surface area contributed by atoms with E-state index in [9.17, 15) is 4.79 Å². The maximum atomic E-state index is 11.6. The molecule has 0 aliphatic heterocycles. The highest BCUT2D eigenvalue weighted by molar-refractivity contribution is 5.92. The first-order valence-corrected chi connectivity index (χ1v) is 6.06. The van der Waals surface area contributed by atoms with Crippen LogP contribution in [0.5, 0.6) is 0 Å². The van der Waals surface area contributed by atoms with E-state index < -0.39 is 0 Å². The fraction of sp³-hybridized carbons (Fsp3) is 0.200. The van der Waals surface area contributed by atoms with Gasteiger partial charge in [0.15, 0.2) is 0 Å². The van der Waals surface area contributed by atoms with Crippen molar-refractivity contribution in [1.29, 1.82) is 5.26 Å². The number of anilines is 1. The number of nitrogens with one attached hydrogen (secondary N) is 1. The normalized spacial score (nSPS) is 9.85. The summed E-state index contributed by atoms with van der Waals surface area (Å²) in [5, 5.41) is 11.9. The molecule has 102 valence electrons. The summed E-state index contributed by atoms with van der Waals surface area (Å²) in [5.41, 5.74) is 2.16. The van der Waals surface area contributed by atoms with E-state index >= 15 is 0 Å². The van der Waals surface area contributed by atoms with Crippen molar-refractivity contribution in [2.45, 2.75) is 13.5 Å². The Morgan fingerprint density at radius 1 is 1.40 bits per heavy atom. The number of hydrogen-bond acceptors (Lipinski definition) is 5. The topological polar surface area (TPSA) is 75.3 Å². The van der Waals surface area contributed by atoms with Crippen molar-refractivity contribution in [1.82, 2.24) is 0 Å². The fourth-order valence-corrected chi connectivity index (χ4v) is 1.87. The van der Waals surface area contributed by atoms with E-state index in [1.54, 1.807) is 24.3 Å². The summed E-state index contributed by atoms with van der Waals surface area (Å²) in [5.74, 6) is 0.571. The number of furan rings is 1. The van der Waals surface area contributed by atoms with Gasteiger partial charge in [-0.3, -0.25) is 0 Å². The molecule has 20 heavy (non-hydrogen) atoms. The van der Waals surface area contributed by atoms with Crippen LogP contribution in [0, 0.1) is 18.3 Å². The molecule has 0 aliphatic rings. The summed E-state index contributed by atoms with van der Waals surface area (Å²) < 4.78 is 10.0. The fourth-order valence-electron chi connectivity index (χ4n) is 1.87. The van der Waals surface area contributed by atoms with Gasteiger partial charge < -0.3 is 14.5 Å². The molecule has 5 nitrogen and oxygen atoms in total. The number of nitrogens with zero attached hydrogens (tertiary/aromatic N) is 1. The van der Waals surface area contributed by atoms with Crippen molar-refractivity contribution in [2.24, 2.45) is 0 Å². The lowest BCUT2D eigenvalue weighted by Crippen LogP contribution is -2.07. The monoisotopic (exact) mass is 270 g/mol. The van der Waals surface area contributed by atoms with Crippen LogP contribution in [0.4, 0.5) is 5.69 Å². The number of rotatable bonds is 4. The van der Waals surface area contributed by atoms with E-state index in [0.29, 0.717) is 17.9 Å². The van der Waals surface area contributed by atoms with Gasteiger partial charge in [0.2, 0.25) is 5.76 Å². The molecule has 0 unspecified atom stereocenters. The standard InChI is InChI=1S/C15H14N2O3/c1-10-13(15(18)19-2)4-3-5-14(10)17-9-12-7-6-11(8-16)20-12/h3-7,17H,9H2,1-2H3. The maximum absolute atomic E-state index is 11.6. The smallest absolute Gasteiger partial charge is 0.338 e. The highest BCUT2D eigenvalue weighted by Gasteiger charge is 2.11. The quantitative estimate of drug-likeness (QED) is 0.864. The lowest BCUT2D eigenvalue weighted by Gasteiger charge is -2.11. The molecule has 0 amide bonds. The number of methoxy groups -OCH3 is 1. The van der Waals surface area contributed by atoms with Crippen molar-refractivity contribution >= 4 is 11.7 Å². The molecular formula is C15H14N2O3. The second-order valence-electron chi connectivity index (χ2n) is 4.20. The number of esters is 1. The van der Waals surface area contributed by atoms with Gasteiger partial charge in [-0.25, -0.2) is 4.79 Å². The molecule has 1 aromatic carbocycles. The zero-order valence-electron chi connectivity index (χ0n) is 11.3. The van der Waals surface area contributed by atoms with E-state index in [2.05, 4.69) is 5.32 Å². The van der Waals surface area contributed by atoms with Crippen LogP contribution < -0.4 is 5.32 Å². The van der Waals surface area contributed by atoms with Crippen molar-refractivity contribution in [3.8, 4) is 6.07 Å². The number of carbonyl (C=O) groups is 1. The van der Waals surface area contributed by atoms with Gasteiger partial charge in [0, 0.05) is 5.69 Å². The Labute approximate surface area is 116 Å². The van der Waals surface area contributed by atoms with Crippen LogP contribution in [0.3, 0.4) is 0 Å². The number of hydrogen-bond donors (Lipinski definition) is 1. The van der Waals surface area contributed by atoms with E-state index in [1.807, 2.05) is 19.1 Å². The molecule has 1 N–H and O–H groups in total. The second kappa shape index (κ2) is 5.93. The predicted octanol–water partition coefficient (Wildman–Crippen LogP) is 2.86. The minimum Gasteiger partial charge on any atom is -0.465 e. The highest BCUT2D eigenvalue weighted by atomic mass is 16.5. The van der Waals surface area contributed by atoms with Crippen molar-refractivity contribution in [2.75, 3.05) is 12.4 Å². The SMILES string of the molecule is COC(=O)c1cccc(NCc2ccc(C#N)o2)c1C. The molecular weight excluding hydrogens is 256 g/mol. The Hall–Kier alpha value is -2.74. The molecule has 5 heteroatoms. The average molecular weight is 270 g/mol. The number of benzene rings is 1. The summed E-state index contributed by atoms with van der Waals surface area (Å²) in [4.78, 5) is 11.6. The summed E-state index contributed by atoms with van der Waals surface area (Å²) >= 11 is 0. The molecule has 1 heterocycles. The Morgan fingerprint density at radius 2 is 2.20 bits per heavy atom. The molecule has 0 saturated heterocycles. The first-order chi connectivity index (χ1) is 9.65. The minimum absolute atomic E-state index is 0.279. The molecule has 0 atom stereocenters. The molecule has 0 fully saturated rings. The predicted molar refractivity (Wildman–Crippen MR) is 73.3 cm³/mol. The molecule has 0 saturated carbocycles. The summed E-state index contributed by atoms with van der Waals surface area (Å²) in [7, 11) is 1.36. The third-order valence-corrected chi connectivity index (χ3v) is 2.96. The number of nitriles is 1. The zero-order chi connectivity index (χ0) is 14.5. The molecule has 2 aromatic rings. The van der Waals surface area contributed by atoms with Gasteiger partial charge in [-0.2, -0.15) is 5.26 Å². The Kier molecular flexibility index (Phi) is 4.06. The number of carbonyl (C=O) groups excluding carboxylic acids is 1. The average Bonchev–Trinajstić information content (AvgIpc) is 2.93. The first-order valence-electron chi connectivity index (χ1n) is 6.06. The van der Waals surface area contributed by atoms with Crippen molar-refractivity contribution < 1.29 is 13.9 Å². The summed E-state index contributed by atoms with van der Waals surface area (Å²) in [6.07, 6.45) is 0. The zero-order valence-corrected chi connectivity index (χ0v) is 11.3. The van der Waals surface area contributed by atoms with Gasteiger partial charge in [-0.15, -0.1) is 0 Å². The van der Waals surface area contributed by atoms with Gasteiger partial charge in [0.25, 0.3) is 0 Å². The summed E-state index contributed by atoms with van der Waals surface area (Å²) in [6, 6.07) is 10.7. The third-order valence-electron chi connectivity index (χ3n) is 2.96. The highest BCUT2D eigenvalue weighted by Crippen LogP contribution is 2.20. The van der Waals surface area contributed by atoms with E-state index in [4.69, 9.17) is 14.4 Å². The van der Waals surface area contributed by atoms with Crippen LogP contribution in [0.15, 0.2) is 34.7 Å². The van der Waals surface area contributed by atoms with Crippen molar-refractivity contribution in [3.63, 3.8) is 0 Å². The van der Waals surface area contributed by atoms with E-state index in [1.165, 1.54) is 7.11 Å². The Balaban J connectivity index is 2.14. The van der Waals surface area contributed by atoms with Gasteiger partial charge in [0.1, 0.15) is 11.8 Å². The maximum Gasteiger partial charge on any atom is 0.338 e. The van der Waals surface area contributed by atoms with Crippen LogP contribution in [0.1, 0.15) is 27.4 Å². The Bertz CT molecular complexity index is 668. The minimum atomic E-state index is -0.365. The Morgan fingerprint density at radius 3 is 2.85 bits per heavy atom. The van der Waals surface area contributed by atoms with Crippen LogP contribution in [-0.2, 0) is 11.3 Å². The molecule has 1 aromatic heterocycles. The molecule has 0 aliphatic carbocycles. The van der Waals surface area contributed by atoms with Crippen molar-refractivity contribution in [3.05, 3.63) is 53.0 Å². The molecule has 0 spiro atoms. The van der Waals surface area contributed by atoms with Gasteiger partial charge in [0.05, 0.1) is 19.2 Å². The van der Waals surface area contributed by atoms with Crippen LogP contribution in [-0.4, -0.2) is 13.1 Å². The van der Waals surface area contributed by atoms with Crippen LogP contribution in [0.25, 0.3) is 0 Å². The van der Waals surface area contributed by atoms with Gasteiger partial charge >= 0.3 is 5.97 Å². The lowest BCUT2D eigenvalue weighted by molar-refractivity contribution is 0.0600. The molecule has 0 radical (unpaired) electrons. The van der Waals surface area contributed by atoms with Gasteiger partial charge in [-0.1, -0.05) is 6.07 Å².